The average Bonchev–Trinajstić information content (AvgIpc) is 2.18. The van der Waals surface area contributed by atoms with Gasteiger partial charge in [-0.2, -0.15) is 0 Å². The molecule has 0 aliphatic carbocycles. The minimum absolute atomic E-state index is 0.645. The summed E-state index contributed by atoms with van der Waals surface area (Å²) in [6, 6.07) is 9.64. The molecular weight excluding hydrogens is 164 g/mol. The Kier molecular flexibility index (Phi) is 1.92. The highest BCUT2D eigenvalue weighted by molar-refractivity contribution is 5.84. The van der Waals surface area contributed by atoms with Crippen LogP contribution in [0.1, 0.15) is 0 Å². The molecule has 0 bridgehead atoms. The minimum Gasteiger partial charge on any atom is -0.327 e. The molecule has 0 aliphatic rings. The summed E-state index contributed by atoms with van der Waals surface area (Å²) in [7, 11) is 0. The highest BCUT2D eigenvalue weighted by Gasteiger charge is 1.94. The van der Waals surface area contributed by atoms with E-state index in [1.54, 1.807) is 6.20 Å². The first-order valence-electron chi connectivity index (χ1n) is 3.95. The fourth-order valence-electron chi connectivity index (χ4n) is 1.22. The summed E-state index contributed by atoms with van der Waals surface area (Å²) in [4.78, 5) is 14.3. The summed E-state index contributed by atoms with van der Waals surface area (Å²) in [5.41, 5.74) is 1.65. The highest BCUT2D eigenvalue weighted by Crippen LogP contribution is 2.14. The van der Waals surface area contributed by atoms with Gasteiger partial charge in [-0.1, -0.05) is 18.2 Å². The molecule has 0 saturated heterocycles. The van der Waals surface area contributed by atoms with E-state index in [0.29, 0.717) is 12.1 Å². The van der Waals surface area contributed by atoms with Gasteiger partial charge in [0.05, 0.1) is 17.4 Å². The van der Waals surface area contributed by atoms with Gasteiger partial charge in [0.1, 0.15) is 0 Å². The predicted octanol–water partition coefficient (Wildman–Crippen LogP) is 1.80. The quantitative estimate of drug-likeness (QED) is 0.702. The van der Waals surface area contributed by atoms with Crippen molar-refractivity contribution in [3.63, 3.8) is 0 Å². The molecule has 1 amide bonds. The number of fused-ring (bicyclic) bond motifs is 1. The molecule has 1 aromatic carbocycles. The summed E-state index contributed by atoms with van der Waals surface area (Å²) in [6.45, 7) is 0. The standard InChI is InChI=1S/C10H8N2O/c13-7-12-9-5-8-3-1-2-4-10(8)11-6-9/h1-7H,(H,12,13). The Morgan fingerprint density at radius 2 is 2.15 bits per heavy atom. The molecule has 0 aliphatic heterocycles. The molecular formula is C10H8N2O. The molecule has 1 heterocycles. The van der Waals surface area contributed by atoms with Gasteiger partial charge in [-0.25, -0.2) is 0 Å². The molecule has 1 N–H and O–H groups in total. The van der Waals surface area contributed by atoms with Gasteiger partial charge >= 0.3 is 0 Å². The number of amides is 1. The van der Waals surface area contributed by atoms with Crippen molar-refractivity contribution in [1.29, 1.82) is 0 Å². The van der Waals surface area contributed by atoms with Gasteiger partial charge < -0.3 is 5.32 Å². The van der Waals surface area contributed by atoms with Crippen LogP contribution in [0.3, 0.4) is 0 Å². The zero-order chi connectivity index (χ0) is 9.10. The minimum atomic E-state index is 0.645. The van der Waals surface area contributed by atoms with Crippen molar-refractivity contribution in [2.45, 2.75) is 0 Å². The number of pyridine rings is 1. The number of aromatic nitrogens is 1. The largest absolute Gasteiger partial charge is 0.327 e. The number of nitrogens with one attached hydrogen (secondary N) is 1. The maximum Gasteiger partial charge on any atom is 0.211 e. The van der Waals surface area contributed by atoms with E-state index in [-0.39, 0.29) is 0 Å². The monoisotopic (exact) mass is 172 g/mol. The molecule has 0 unspecified atom stereocenters. The van der Waals surface area contributed by atoms with Crippen LogP contribution in [0.4, 0.5) is 5.69 Å². The van der Waals surface area contributed by atoms with E-state index in [0.717, 1.165) is 10.9 Å². The third-order valence-electron chi connectivity index (χ3n) is 1.82. The Bertz CT molecular complexity index is 440. The van der Waals surface area contributed by atoms with Crippen LogP contribution in [0.15, 0.2) is 36.5 Å². The summed E-state index contributed by atoms with van der Waals surface area (Å²) >= 11 is 0. The molecule has 0 radical (unpaired) electrons. The second-order valence-corrected chi connectivity index (χ2v) is 2.68. The number of carbonyl (C=O) groups is 1. The van der Waals surface area contributed by atoms with Crippen LogP contribution in [0.2, 0.25) is 0 Å². The van der Waals surface area contributed by atoms with Crippen molar-refractivity contribution >= 4 is 23.0 Å². The smallest absolute Gasteiger partial charge is 0.211 e. The lowest BCUT2D eigenvalue weighted by Crippen LogP contribution is -1.93. The van der Waals surface area contributed by atoms with Crippen molar-refractivity contribution in [3.05, 3.63) is 36.5 Å². The van der Waals surface area contributed by atoms with E-state index in [4.69, 9.17) is 0 Å². The van der Waals surface area contributed by atoms with Crippen LogP contribution in [0, 0.1) is 0 Å². The summed E-state index contributed by atoms with van der Waals surface area (Å²) in [6.07, 6.45) is 2.28. The number of rotatable bonds is 2. The SMILES string of the molecule is O=CNc1cnc2ccccc2c1. The first-order valence-corrected chi connectivity index (χ1v) is 3.95. The van der Waals surface area contributed by atoms with Crippen LogP contribution in [-0.4, -0.2) is 11.4 Å². The Balaban J connectivity index is 2.55. The molecule has 13 heavy (non-hydrogen) atoms. The molecule has 2 rings (SSSR count). The van der Waals surface area contributed by atoms with Crippen molar-refractivity contribution in [2.24, 2.45) is 0 Å². The summed E-state index contributed by atoms with van der Waals surface area (Å²) in [5.74, 6) is 0. The molecule has 0 fully saturated rings. The van der Waals surface area contributed by atoms with E-state index in [1.807, 2.05) is 30.3 Å². The van der Waals surface area contributed by atoms with Gasteiger partial charge in [0, 0.05) is 5.39 Å². The van der Waals surface area contributed by atoms with Gasteiger partial charge in [-0.05, 0) is 12.1 Å². The first-order chi connectivity index (χ1) is 6.40. The highest BCUT2D eigenvalue weighted by atomic mass is 16.1. The number of para-hydroxylation sites is 1. The molecule has 3 heteroatoms. The van der Waals surface area contributed by atoms with Crippen molar-refractivity contribution < 1.29 is 4.79 Å². The number of nitrogens with zero attached hydrogens (tertiary/aromatic N) is 1. The fraction of sp³-hybridized carbons (Fsp3) is 0. The van der Waals surface area contributed by atoms with E-state index < -0.39 is 0 Å². The second-order valence-electron chi connectivity index (χ2n) is 2.68. The normalized spacial score (nSPS) is 9.85. The number of anilines is 1. The van der Waals surface area contributed by atoms with Crippen molar-refractivity contribution in [1.82, 2.24) is 4.98 Å². The van der Waals surface area contributed by atoms with Crippen LogP contribution in [0.5, 0.6) is 0 Å². The van der Waals surface area contributed by atoms with Gasteiger partial charge in [0.2, 0.25) is 6.41 Å². The van der Waals surface area contributed by atoms with E-state index in [1.165, 1.54) is 0 Å². The first kappa shape index (κ1) is 7.73. The maximum atomic E-state index is 10.2. The molecule has 3 nitrogen and oxygen atoms in total. The zero-order valence-corrected chi connectivity index (χ0v) is 6.90. The van der Waals surface area contributed by atoms with E-state index >= 15 is 0 Å². The Labute approximate surface area is 75.4 Å². The Morgan fingerprint density at radius 3 is 3.00 bits per heavy atom. The Hall–Kier alpha value is -1.90. The predicted molar refractivity (Wildman–Crippen MR) is 51.4 cm³/mol. The third-order valence-corrected chi connectivity index (χ3v) is 1.82. The lowest BCUT2D eigenvalue weighted by Gasteiger charge is -1.99. The van der Waals surface area contributed by atoms with Crippen LogP contribution >= 0.6 is 0 Å². The molecule has 0 spiro atoms. The summed E-state index contributed by atoms with van der Waals surface area (Å²) < 4.78 is 0. The number of hydrogen-bond acceptors (Lipinski definition) is 2. The molecule has 2 aromatic rings. The average molecular weight is 172 g/mol. The number of hydrogen-bond donors (Lipinski definition) is 1. The molecule has 0 atom stereocenters. The topological polar surface area (TPSA) is 42.0 Å². The third kappa shape index (κ3) is 1.49. The van der Waals surface area contributed by atoms with Crippen LogP contribution < -0.4 is 5.32 Å². The Morgan fingerprint density at radius 1 is 1.31 bits per heavy atom. The van der Waals surface area contributed by atoms with Gasteiger partial charge in [0.15, 0.2) is 0 Å². The lowest BCUT2D eigenvalue weighted by molar-refractivity contribution is -0.105. The van der Waals surface area contributed by atoms with Crippen LogP contribution in [-0.2, 0) is 4.79 Å². The lowest BCUT2D eigenvalue weighted by atomic mass is 10.2. The summed E-state index contributed by atoms with van der Waals surface area (Å²) in [5, 5.41) is 3.58. The molecule has 0 saturated carbocycles. The van der Waals surface area contributed by atoms with Gasteiger partial charge in [0.25, 0.3) is 0 Å². The van der Waals surface area contributed by atoms with Crippen molar-refractivity contribution in [2.75, 3.05) is 5.32 Å². The van der Waals surface area contributed by atoms with E-state index in [9.17, 15) is 4.79 Å². The number of benzene rings is 1. The molecule has 64 valence electrons. The fourth-order valence-corrected chi connectivity index (χ4v) is 1.22. The second kappa shape index (κ2) is 3.23. The van der Waals surface area contributed by atoms with Gasteiger partial charge in [-0.15, -0.1) is 0 Å². The van der Waals surface area contributed by atoms with E-state index in [2.05, 4.69) is 10.3 Å². The van der Waals surface area contributed by atoms with Crippen LogP contribution in [0.25, 0.3) is 10.9 Å². The maximum absolute atomic E-state index is 10.2. The zero-order valence-electron chi connectivity index (χ0n) is 6.90. The molecule has 1 aromatic heterocycles. The number of carbonyl (C=O) groups excluding carboxylic acids is 1. The van der Waals surface area contributed by atoms with Crippen molar-refractivity contribution in [3.8, 4) is 0 Å². The van der Waals surface area contributed by atoms with Gasteiger partial charge in [-0.3, -0.25) is 9.78 Å².